The van der Waals surface area contributed by atoms with Crippen molar-refractivity contribution in [3.63, 3.8) is 0 Å². The molecule has 1 heterocycles. The average molecular weight is 212 g/mol. The first-order chi connectivity index (χ1) is 7.11. The number of carbonyl (C=O) groups excluding carboxylic acids is 3. The minimum Gasteiger partial charge on any atom is -0.462 e. The van der Waals surface area contributed by atoms with Crippen molar-refractivity contribution in [2.45, 2.75) is 32.0 Å². The summed E-state index contributed by atoms with van der Waals surface area (Å²) in [4.78, 5) is 32.7. The average Bonchev–Trinajstić information content (AvgIpc) is 2.59. The number of aldehydes is 1. The van der Waals surface area contributed by atoms with Gasteiger partial charge in [0.05, 0.1) is 12.3 Å². The van der Waals surface area contributed by atoms with Crippen LogP contribution in [0.2, 0.25) is 0 Å². The molecule has 0 aromatic rings. The molecule has 4 atom stereocenters. The van der Waals surface area contributed by atoms with Crippen LogP contribution < -0.4 is 0 Å². The highest BCUT2D eigenvalue weighted by Crippen LogP contribution is 2.41. The molecule has 15 heavy (non-hydrogen) atoms. The summed E-state index contributed by atoms with van der Waals surface area (Å²) in [5, 5.41) is 0. The maximum Gasteiger partial charge on any atom is 0.306 e. The molecule has 1 saturated carbocycles. The summed E-state index contributed by atoms with van der Waals surface area (Å²) >= 11 is 0. The summed E-state index contributed by atoms with van der Waals surface area (Å²) in [6.45, 7) is 1.31. The lowest BCUT2D eigenvalue weighted by Gasteiger charge is -2.16. The van der Waals surface area contributed by atoms with Crippen LogP contribution in [0.4, 0.5) is 0 Å². The summed E-state index contributed by atoms with van der Waals surface area (Å²) in [5.41, 5.74) is 0. The zero-order chi connectivity index (χ0) is 11.0. The molecular weight excluding hydrogens is 200 g/mol. The number of hydrogen-bond donors (Lipinski definition) is 0. The van der Waals surface area contributed by atoms with Crippen LogP contribution in [0.5, 0.6) is 0 Å². The third-order valence-electron chi connectivity index (χ3n) is 3.03. The van der Waals surface area contributed by atoms with Gasteiger partial charge in [-0.2, -0.15) is 0 Å². The maximum absolute atomic E-state index is 11.0. The van der Waals surface area contributed by atoms with Crippen molar-refractivity contribution in [2.75, 3.05) is 0 Å². The van der Waals surface area contributed by atoms with Crippen LogP contribution in [-0.4, -0.2) is 30.4 Å². The predicted molar refractivity (Wildman–Crippen MR) is 47.7 cm³/mol. The van der Waals surface area contributed by atoms with Gasteiger partial charge >= 0.3 is 11.9 Å². The van der Waals surface area contributed by atoms with Crippen LogP contribution in [-0.2, 0) is 23.9 Å². The topological polar surface area (TPSA) is 69.7 Å². The van der Waals surface area contributed by atoms with Crippen LogP contribution >= 0.6 is 0 Å². The maximum atomic E-state index is 11.0. The standard InChI is InChI=1S/C10H12O5/c1-5(12)14-9-3-8-6(7(9)4-11)2-10(13)15-8/h4,6-9H,2-3H2,1H3/t6?,7-,8+,9-/m1/s1. The molecule has 1 saturated heterocycles. The monoisotopic (exact) mass is 212 g/mol. The lowest BCUT2D eigenvalue weighted by Crippen LogP contribution is -2.25. The summed E-state index contributed by atoms with van der Waals surface area (Å²) < 4.78 is 10.1. The van der Waals surface area contributed by atoms with Gasteiger partial charge in [-0.15, -0.1) is 0 Å². The van der Waals surface area contributed by atoms with Crippen molar-refractivity contribution >= 4 is 18.2 Å². The Morgan fingerprint density at radius 3 is 2.93 bits per heavy atom. The molecular formula is C10H12O5. The van der Waals surface area contributed by atoms with E-state index >= 15 is 0 Å². The third-order valence-corrected chi connectivity index (χ3v) is 3.03. The molecule has 0 radical (unpaired) electrons. The Balaban J connectivity index is 2.09. The molecule has 2 rings (SSSR count). The molecule has 0 bridgehead atoms. The molecule has 0 N–H and O–H groups in total. The Hall–Kier alpha value is -1.39. The number of esters is 2. The van der Waals surface area contributed by atoms with Crippen molar-refractivity contribution in [1.82, 2.24) is 0 Å². The van der Waals surface area contributed by atoms with Crippen molar-refractivity contribution in [2.24, 2.45) is 11.8 Å². The van der Waals surface area contributed by atoms with Crippen molar-refractivity contribution in [1.29, 1.82) is 0 Å². The lowest BCUT2D eigenvalue weighted by molar-refractivity contribution is -0.150. The second kappa shape index (κ2) is 3.64. The first kappa shape index (κ1) is 10.1. The fourth-order valence-electron chi connectivity index (χ4n) is 2.43. The molecule has 1 unspecified atom stereocenters. The molecule has 82 valence electrons. The fourth-order valence-corrected chi connectivity index (χ4v) is 2.43. The molecule has 1 aliphatic carbocycles. The Bertz CT molecular complexity index is 311. The lowest BCUT2D eigenvalue weighted by atomic mass is 9.94. The zero-order valence-corrected chi connectivity index (χ0v) is 8.34. The van der Waals surface area contributed by atoms with E-state index < -0.39 is 18.0 Å². The second-order valence-corrected chi connectivity index (χ2v) is 3.99. The number of fused-ring (bicyclic) bond motifs is 1. The van der Waals surface area contributed by atoms with Crippen molar-refractivity contribution in [3.05, 3.63) is 0 Å². The van der Waals surface area contributed by atoms with E-state index in [2.05, 4.69) is 0 Å². The van der Waals surface area contributed by atoms with Crippen LogP contribution in [0.3, 0.4) is 0 Å². The molecule has 2 fully saturated rings. The van der Waals surface area contributed by atoms with E-state index in [0.29, 0.717) is 6.42 Å². The third kappa shape index (κ3) is 1.73. The van der Waals surface area contributed by atoms with Crippen LogP contribution in [0.1, 0.15) is 19.8 Å². The Labute approximate surface area is 86.7 Å². The zero-order valence-electron chi connectivity index (χ0n) is 8.34. The quantitative estimate of drug-likeness (QED) is 0.478. The van der Waals surface area contributed by atoms with E-state index in [0.717, 1.165) is 6.29 Å². The largest absolute Gasteiger partial charge is 0.462 e. The Kier molecular flexibility index (Phi) is 2.46. The van der Waals surface area contributed by atoms with Crippen molar-refractivity contribution in [3.8, 4) is 0 Å². The van der Waals surface area contributed by atoms with Crippen LogP contribution in [0, 0.1) is 11.8 Å². The molecule has 0 aromatic heterocycles. The van der Waals surface area contributed by atoms with E-state index in [-0.39, 0.29) is 24.4 Å². The Morgan fingerprint density at radius 1 is 1.60 bits per heavy atom. The minimum absolute atomic E-state index is 0.112. The first-order valence-electron chi connectivity index (χ1n) is 4.94. The summed E-state index contributed by atoms with van der Waals surface area (Å²) in [6, 6.07) is 0. The van der Waals surface area contributed by atoms with E-state index in [1.807, 2.05) is 0 Å². The Morgan fingerprint density at radius 2 is 2.33 bits per heavy atom. The highest BCUT2D eigenvalue weighted by Gasteiger charge is 2.51. The molecule has 1 aliphatic heterocycles. The van der Waals surface area contributed by atoms with Gasteiger partial charge in [-0.3, -0.25) is 9.59 Å². The van der Waals surface area contributed by atoms with E-state index in [9.17, 15) is 14.4 Å². The molecule has 5 heteroatoms. The van der Waals surface area contributed by atoms with Gasteiger partial charge < -0.3 is 14.3 Å². The SMILES string of the molecule is CC(=O)O[C@@H]1C[C@@H]2OC(=O)CC2[C@H]1C=O. The van der Waals surface area contributed by atoms with Gasteiger partial charge in [-0.1, -0.05) is 0 Å². The molecule has 5 nitrogen and oxygen atoms in total. The fraction of sp³-hybridized carbons (Fsp3) is 0.700. The van der Waals surface area contributed by atoms with Gasteiger partial charge in [0.15, 0.2) is 0 Å². The predicted octanol–water partition coefficient (Wildman–Crippen LogP) is 0.0686. The smallest absolute Gasteiger partial charge is 0.306 e. The number of rotatable bonds is 2. The number of ether oxygens (including phenoxy) is 2. The molecule has 0 spiro atoms. The van der Waals surface area contributed by atoms with Crippen LogP contribution in [0.15, 0.2) is 0 Å². The highest BCUT2D eigenvalue weighted by atomic mass is 16.6. The van der Waals surface area contributed by atoms with Gasteiger partial charge in [0.25, 0.3) is 0 Å². The summed E-state index contributed by atoms with van der Waals surface area (Å²) in [5.74, 6) is -1.18. The summed E-state index contributed by atoms with van der Waals surface area (Å²) in [7, 11) is 0. The molecule has 2 aliphatic rings. The van der Waals surface area contributed by atoms with Gasteiger partial charge in [-0.25, -0.2) is 0 Å². The van der Waals surface area contributed by atoms with E-state index in [1.165, 1.54) is 6.92 Å². The van der Waals surface area contributed by atoms with Crippen LogP contribution in [0.25, 0.3) is 0 Å². The number of hydrogen-bond acceptors (Lipinski definition) is 5. The van der Waals surface area contributed by atoms with Crippen molar-refractivity contribution < 1.29 is 23.9 Å². The van der Waals surface area contributed by atoms with Gasteiger partial charge in [0.2, 0.25) is 0 Å². The first-order valence-corrected chi connectivity index (χ1v) is 4.94. The van der Waals surface area contributed by atoms with E-state index in [4.69, 9.17) is 9.47 Å². The van der Waals surface area contributed by atoms with Gasteiger partial charge in [0.1, 0.15) is 18.5 Å². The van der Waals surface area contributed by atoms with E-state index in [1.54, 1.807) is 0 Å². The van der Waals surface area contributed by atoms with Gasteiger partial charge in [0, 0.05) is 19.3 Å². The number of carbonyl (C=O) groups is 3. The highest BCUT2D eigenvalue weighted by molar-refractivity contribution is 5.74. The summed E-state index contributed by atoms with van der Waals surface area (Å²) in [6.07, 6.45) is 0.783. The molecule has 0 aromatic carbocycles. The molecule has 0 amide bonds. The second-order valence-electron chi connectivity index (χ2n) is 3.99. The minimum atomic E-state index is -0.428. The van der Waals surface area contributed by atoms with Gasteiger partial charge in [-0.05, 0) is 0 Å². The normalized spacial score (nSPS) is 38.3.